The summed E-state index contributed by atoms with van der Waals surface area (Å²) in [5.41, 5.74) is 1.55. The quantitative estimate of drug-likeness (QED) is 0.777. The number of allylic oxidation sites excluding steroid dienone is 1. The van der Waals surface area contributed by atoms with E-state index in [-0.39, 0.29) is 5.60 Å². The van der Waals surface area contributed by atoms with Crippen LogP contribution in [0.3, 0.4) is 0 Å². The van der Waals surface area contributed by atoms with E-state index >= 15 is 0 Å². The first-order valence-corrected chi connectivity index (χ1v) is 7.67. The van der Waals surface area contributed by atoms with Crippen molar-refractivity contribution in [2.45, 2.75) is 45.1 Å². The third-order valence-corrected chi connectivity index (χ3v) is 5.01. The van der Waals surface area contributed by atoms with E-state index in [1.165, 1.54) is 12.8 Å². The van der Waals surface area contributed by atoms with Gasteiger partial charge in [-0.05, 0) is 31.6 Å². The summed E-state index contributed by atoms with van der Waals surface area (Å²) in [5.74, 6) is 1.49. The van der Waals surface area contributed by atoms with Crippen molar-refractivity contribution in [3.05, 3.63) is 11.6 Å². The molecule has 2 rings (SSSR count). The lowest BCUT2D eigenvalue weighted by Gasteiger charge is -2.37. The number of methoxy groups -OCH3 is 1. The molecule has 0 radical (unpaired) electrons. The van der Waals surface area contributed by atoms with Crippen molar-refractivity contribution in [2.24, 2.45) is 11.8 Å². The fraction of sp³-hybridized carbons (Fsp3) is 0.875. The summed E-state index contributed by atoms with van der Waals surface area (Å²) in [7, 11) is 1.83. The first-order chi connectivity index (χ1) is 9.17. The summed E-state index contributed by atoms with van der Waals surface area (Å²) < 4.78 is 11.2. The molecule has 1 saturated heterocycles. The Morgan fingerprint density at radius 3 is 2.79 bits per heavy atom. The van der Waals surface area contributed by atoms with Crippen LogP contribution in [0.5, 0.6) is 0 Å². The smallest absolute Gasteiger partial charge is 0.0846 e. The maximum absolute atomic E-state index is 5.76. The second-order valence-corrected chi connectivity index (χ2v) is 6.24. The van der Waals surface area contributed by atoms with Gasteiger partial charge in [0.1, 0.15) is 0 Å². The Bertz CT molecular complexity index is 308. The molecule has 0 saturated carbocycles. The minimum atomic E-state index is -0.00618. The standard InChI is InChI=1S/C16H29NO2/c1-13-5-4-6-14(2)15(13)11-17-12-16(18-3)7-9-19-10-8-16/h5,14-15,17H,4,6-12H2,1-3H3. The van der Waals surface area contributed by atoms with Gasteiger partial charge in [-0.2, -0.15) is 0 Å². The zero-order valence-electron chi connectivity index (χ0n) is 12.7. The monoisotopic (exact) mass is 267 g/mol. The lowest BCUT2D eigenvalue weighted by Crippen LogP contribution is -2.48. The van der Waals surface area contributed by atoms with Crippen molar-refractivity contribution in [1.29, 1.82) is 0 Å². The van der Waals surface area contributed by atoms with E-state index in [1.54, 1.807) is 5.57 Å². The van der Waals surface area contributed by atoms with Crippen LogP contribution in [0.2, 0.25) is 0 Å². The van der Waals surface area contributed by atoms with E-state index in [2.05, 4.69) is 25.2 Å². The summed E-state index contributed by atoms with van der Waals surface area (Å²) in [4.78, 5) is 0. The van der Waals surface area contributed by atoms with Gasteiger partial charge in [-0.25, -0.2) is 0 Å². The fourth-order valence-electron chi connectivity index (χ4n) is 3.39. The highest BCUT2D eigenvalue weighted by Gasteiger charge is 2.32. The zero-order chi connectivity index (χ0) is 13.7. The van der Waals surface area contributed by atoms with Crippen LogP contribution in [0.15, 0.2) is 11.6 Å². The topological polar surface area (TPSA) is 30.5 Å². The first kappa shape index (κ1) is 15.0. The fourth-order valence-corrected chi connectivity index (χ4v) is 3.39. The molecule has 110 valence electrons. The predicted molar refractivity (Wildman–Crippen MR) is 78.3 cm³/mol. The van der Waals surface area contributed by atoms with Gasteiger partial charge in [-0.1, -0.05) is 18.6 Å². The molecule has 2 aliphatic rings. The minimum Gasteiger partial charge on any atom is -0.381 e. The lowest BCUT2D eigenvalue weighted by atomic mass is 9.80. The van der Waals surface area contributed by atoms with Crippen LogP contribution in [-0.4, -0.2) is 39.0 Å². The summed E-state index contributed by atoms with van der Waals surface area (Å²) in [6, 6.07) is 0. The van der Waals surface area contributed by atoms with Crippen LogP contribution in [0.4, 0.5) is 0 Å². The van der Waals surface area contributed by atoms with Gasteiger partial charge in [-0.15, -0.1) is 0 Å². The Labute approximate surface area is 117 Å². The maximum atomic E-state index is 5.76. The van der Waals surface area contributed by atoms with Gasteiger partial charge in [0.25, 0.3) is 0 Å². The first-order valence-electron chi connectivity index (χ1n) is 7.67. The van der Waals surface area contributed by atoms with Gasteiger partial charge in [0.15, 0.2) is 0 Å². The molecule has 1 aliphatic heterocycles. The van der Waals surface area contributed by atoms with Gasteiger partial charge in [0.2, 0.25) is 0 Å². The molecule has 0 aromatic carbocycles. The van der Waals surface area contributed by atoms with Gasteiger partial charge < -0.3 is 14.8 Å². The second kappa shape index (κ2) is 6.87. The highest BCUT2D eigenvalue weighted by molar-refractivity contribution is 5.09. The molecule has 2 unspecified atom stereocenters. The predicted octanol–water partition coefficient (Wildman–Crippen LogP) is 2.76. The zero-order valence-corrected chi connectivity index (χ0v) is 12.7. The van der Waals surface area contributed by atoms with Gasteiger partial charge in [0.05, 0.1) is 5.60 Å². The van der Waals surface area contributed by atoms with Gasteiger partial charge in [0, 0.05) is 46.3 Å². The second-order valence-electron chi connectivity index (χ2n) is 6.24. The highest BCUT2D eigenvalue weighted by atomic mass is 16.5. The van der Waals surface area contributed by atoms with Crippen LogP contribution >= 0.6 is 0 Å². The van der Waals surface area contributed by atoms with E-state index in [4.69, 9.17) is 9.47 Å². The van der Waals surface area contributed by atoms with Gasteiger partial charge >= 0.3 is 0 Å². The van der Waals surface area contributed by atoms with E-state index in [1.807, 2.05) is 7.11 Å². The van der Waals surface area contributed by atoms with Crippen molar-refractivity contribution >= 4 is 0 Å². The molecule has 3 nitrogen and oxygen atoms in total. The van der Waals surface area contributed by atoms with Crippen LogP contribution in [0, 0.1) is 11.8 Å². The Morgan fingerprint density at radius 2 is 2.16 bits per heavy atom. The van der Waals surface area contributed by atoms with Crippen molar-refractivity contribution < 1.29 is 9.47 Å². The Balaban J connectivity index is 1.81. The number of nitrogens with one attached hydrogen (secondary N) is 1. The number of hydrogen-bond acceptors (Lipinski definition) is 3. The highest BCUT2D eigenvalue weighted by Crippen LogP contribution is 2.30. The van der Waals surface area contributed by atoms with Gasteiger partial charge in [-0.3, -0.25) is 0 Å². The molecule has 1 N–H and O–H groups in total. The van der Waals surface area contributed by atoms with E-state index in [9.17, 15) is 0 Å². The maximum Gasteiger partial charge on any atom is 0.0846 e. The third kappa shape index (κ3) is 3.80. The summed E-state index contributed by atoms with van der Waals surface area (Å²) >= 11 is 0. The minimum absolute atomic E-state index is 0.00618. The summed E-state index contributed by atoms with van der Waals surface area (Å²) in [5, 5.41) is 3.66. The average molecular weight is 267 g/mol. The lowest BCUT2D eigenvalue weighted by molar-refractivity contribution is -0.0878. The Hall–Kier alpha value is -0.380. The van der Waals surface area contributed by atoms with Crippen molar-refractivity contribution in [3.63, 3.8) is 0 Å². The van der Waals surface area contributed by atoms with Crippen molar-refractivity contribution in [1.82, 2.24) is 5.32 Å². The molecular formula is C16H29NO2. The molecule has 1 heterocycles. The molecule has 0 spiro atoms. The molecular weight excluding hydrogens is 238 g/mol. The number of hydrogen-bond donors (Lipinski definition) is 1. The normalized spacial score (nSPS) is 31.0. The molecule has 0 aromatic heterocycles. The Kier molecular flexibility index (Phi) is 5.43. The van der Waals surface area contributed by atoms with Crippen molar-refractivity contribution in [2.75, 3.05) is 33.4 Å². The van der Waals surface area contributed by atoms with Crippen LogP contribution in [0.25, 0.3) is 0 Å². The largest absolute Gasteiger partial charge is 0.381 e. The number of rotatable bonds is 5. The molecule has 2 atom stereocenters. The third-order valence-electron chi connectivity index (χ3n) is 5.01. The summed E-state index contributed by atoms with van der Waals surface area (Å²) in [6.45, 7) is 8.34. The SMILES string of the molecule is COC1(CNCC2C(C)=CCCC2C)CCOCC1. The molecule has 3 heteroatoms. The molecule has 0 amide bonds. The number of ether oxygens (including phenoxy) is 2. The molecule has 0 aromatic rings. The Morgan fingerprint density at radius 1 is 1.42 bits per heavy atom. The van der Waals surface area contributed by atoms with Crippen molar-refractivity contribution in [3.8, 4) is 0 Å². The molecule has 1 aliphatic carbocycles. The molecule has 1 fully saturated rings. The van der Waals surface area contributed by atoms with E-state index < -0.39 is 0 Å². The van der Waals surface area contributed by atoms with Crippen LogP contribution in [0.1, 0.15) is 39.5 Å². The van der Waals surface area contributed by atoms with Crippen LogP contribution in [-0.2, 0) is 9.47 Å². The van der Waals surface area contributed by atoms with Crippen LogP contribution < -0.4 is 5.32 Å². The molecule has 19 heavy (non-hydrogen) atoms. The molecule has 0 bridgehead atoms. The summed E-state index contributed by atoms with van der Waals surface area (Å²) in [6.07, 6.45) is 7.00. The van der Waals surface area contributed by atoms with E-state index in [0.717, 1.165) is 45.1 Å². The average Bonchev–Trinajstić information content (AvgIpc) is 2.43. The van der Waals surface area contributed by atoms with E-state index in [0.29, 0.717) is 5.92 Å².